The number of hydrazone groups is 1. The number of carbonyl (C=O) groups excluding carboxylic acids is 1. The lowest BCUT2D eigenvalue weighted by Crippen LogP contribution is -2.23. The van der Waals surface area contributed by atoms with Crippen LogP contribution in [0, 0.1) is 10.1 Å². The van der Waals surface area contributed by atoms with Crippen molar-refractivity contribution in [2.75, 3.05) is 0 Å². The zero-order valence-corrected chi connectivity index (χ0v) is 14.5. The van der Waals surface area contributed by atoms with Crippen LogP contribution in [0.3, 0.4) is 0 Å². The second-order valence-electron chi connectivity index (χ2n) is 6.02. The van der Waals surface area contributed by atoms with Crippen LogP contribution in [-0.4, -0.2) is 31.8 Å². The van der Waals surface area contributed by atoms with E-state index in [1.54, 1.807) is 6.21 Å². The van der Waals surface area contributed by atoms with Gasteiger partial charge in [0.1, 0.15) is 6.54 Å². The van der Waals surface area contributed by atoms with E-state index >= 15 is 0 Å². The van der Waals surface area contributed by atoms with Crippen molar-refractivity contribution in [2.45, 2.75) is 6.54 Å². The number of nitrogens with zero attached hydrogens (tertiary/aromatic N) is 5. The Balaban J connectivity index is 1.57. The van der Waals surface area contributed by atoms with Gasteiger partial charge in [-0.3, -0.25) is 4.79 Å². The highest BCUT2D eigenvalue weighted by Gasteiger charge is 2.15. The quantitative estimate of drug-likeness (QED) is 0.249. The first-order valence-electron chi connectivity index (χ1n) is 8.38. The van der Waals surface area contributed by atoms with E-state index in [1.165, 1.54) is 0 Å². The molecule has 9 heteroatoms. The summed E-state index contributed by atoms with van der Waals surface area (Å²) in [5.41, 5.74) is 3.31. The monoisotopic (exact) mass is 374 g/mol. The highest BCUT2D eigenvalue weighted by Crippen LogP contribution is 2.27. The van der Waals surface area contributed by atoms with Gasteiger partial charge in [-0.05, 0) is 32.5 Å². The molecule has 0 bridgehead atoms. The summed E-state index contributed by atoms with van der Waals surface area (Å²) in [6, 6.07) is 18.0. The van der Waals surface area contributed by atoms with Gasteiger partial charge in [0.15, 0.2) is 0 Å². The van der Waals surface area contributed by atoms with Gasteiger partial charge >= 0.3 is 5.95 Å². The van der Waals surface area contributed by atoms with E-state index in [9.17, 15) is 14.9 Å². The van der Waals surface area contributed by atoms with Crippen LogP contribution >= 0.6 is 0 Å². The molecule has 4 aromatic rings. The fourth-order valence-electron chi connectivity index (χ4n) is 2.98. The predicted molar refractivity (Wildman–Crippen MR) is 104 cm³/mol. The summed E-state index contributed by atoms with van der Waals surface area (Å²) in [5, 5.41) is 22.4. The maximum absolute atomic E-state index is 12.0. The van der Waals surface area contributed by atoms with E-state index in [0.29, 0.717) is 0 Å². The van der Waals surface area contributed by atoms with Gasteiger partial charge in [-0.25, -0.2) is 5.43 Å². The van der Waals surface area contributed by atoms with Crippen molar-refractivity contribution in [3.63, 3.8) is 0 Å². The van der Waals surface area contributed by atoms with Crippen LogP contribution in [0.4, 0.5) is 5.95 Å². The first kappa shape index (κ1) is 17.3. The summed E-state index contributed by atoms with van der Waals surface area (Å²) in [7, 11) is 0. The lowest BCUT2D eigenvalue weighted by Gasteiger charge is -2.07. The zero-order chi connectivity index (χ0) is 19.5. The molecule has 0 unspecified atom stereocenters. The van der Waals surface area contributed by atoms with Crippen LogP contribution < -0.4 is 5.43 Å². The van der Waals surface area contributed by atoms with E-state index in [0.717, 1.165) is 38.1 Å². The molecule has 28 heavy (non-hydrogen) atoms. The summed E-state index contributed by atoms with van der Waals surface area (Å²) >= 11 is 0. The molecular weight excluding hydrogens is 360 g/mol. The van der Waals surface area contributed by atoms with E-state index in [2.05, 4.69) is 26.7 Å². The number of amides is 1. The number of rotatable bonds is 5. The summed E-state index contributed by atoms with van der Waals surface area (Å²) in [6.45, 7) is -0.228. The number of hydrogen-bond donors (Lipinski definition) is 1. The summed E-state index contributed by atoms with van der Waals surface area (Å²) in [5.74, 6) is -1.03. The Morgan fingerprint density at radius 1 is 1.14 bits per heavy atom. The first-order valence-corrected chi connectivity index (χ1v) is 8.38. The molecule has 0 fully saturated rings. The van der Waals surface area contributed by atoms with Gasteiger partial charge < -0.3 is 10.1 Å². The minimum absolute atomic E-state index is 0.228. The summed E-state index contributed by atoms with van der Waals surface area (Å²) < 4.78 is 1.08. The second kappa shape index (κ2) is 7.23. The average Bonchev–Trinajstić information content (AvgIpc) is 3.16. The van der Waals surface area contributed by atoms with E-state index in [-0.39, 0.29) is 6.54 Å². The van der Waals surface area contributed by atoms with E-state index in [1.807, 2.05) is 48.5 Å². The Morgan fingerprint density at radius 2 is 1.79 bits per heavy atom. The first-order chi connectivity index (χ1) is 13.6. The maximum atomic E-state index is 12.0. The molecule has 0 aliphatic carbocycles. The number of nitro groups is 1. The van der Waals surface area contributed by atoms with Crippen LogP contribution in [0.1, 0.15) is 5.56 Å². The lowest BCUT2D eigenvalue weighted by atomic mass is 9.97. The molecule has 9 nitrogen and oxygen atoms in total. The van der Waals surface area contributed by atoms with Crippen molar-refractivity contribution in [1.82, 2.24) is 20.2 Å². The normalized spacial score (nSPS) is 11.3. The average molecular weight is 374 g/mol. The molecule has 4 rings (SSSR count). The fourth-order valence-corrected chi connectivity index (χ4v) is 2.98. The van der Waals surface area contributed by atoms with Crippen LogP contribution in [0.25, 0.3) is 21.5 Å². The van der Waals surface area contributed by atoms with Gasteiger partial charge in [-0.2, -0.15) is 9.78 Å². The van der Waals surface area contributed by atoms with Crippen LogP contribution in [0.5, 0.6) is 0 Å². The molecule has 3 aromatic carbocycles. The molecule has 0 saturated heterocycles. The Kier molecular flexibility index (Phi) is 4.47. The van der Waals surface area contributed by atoms with Crippen molar-refractivity contribution in [2.24, 2.45) is 5.10 Å². The predicted octanol–water partition coefficient (Wildman–Crippen LogP) is 2.64. The number of nitrogens with one attached hydrogen (secondary N) is 1. The van der Waals surface area contributed by atoms with Gasteiger partial charge in [0, 0.05) is 10.7 Å². The molecule has 0 spiro atoms. The Labute approximate surface area is 158 Å². The molecular formula is C19H14N6O3. The van der Waals surface area contributed by atoms with Crippen LogP contribution in [0.15, 0.2) is 66.0 Å². The summed E-state index contributed by atoms with van der Waals surface area (Å²) in [6.07, 6.45) is 2.73. The standard InChI is InChI=1S/C19H14N6O3/c26-18(11-24-12-20-19(23-24)25(27)28)22-21-10-17-15-7-3-1-5-13(15)9-14-6-2-4-8-16(14)17/h1-10,12H,11H2,(H,22,26). The minimum atomic E-state index is -0.724. The molecule has 0 saturated carbocycles. The molecule has 1 amide bonds. The zero-order valence-electron chi connectivity index (χ0n) is 14.5. The topological polar surface area (TPSA) is 115 Å². The van der Waals surface area contributed by atoms with Gasteiger partial charge in [0.2, 0.25) is 6.33 Å². The highest BCUT2D eigenvalue weighted by molar-refractivity contribution is 6.13. The van der Waals surface area contributed by atoms with Crippen molar-refractivity contribution in [1.29, 1.82) is 0 Å². The molecule has 0 aliphatic rings. The molecule has 1 heterocycles. The molecule has 1 aromatic heterocycles. The van der Waals surface area contributed by atoms with Crippen molar-refractivity contribution >= 4 is 39.6 Å². The number of benzene rings is 3. The highest BCUT2D eigenvalue weighted by atomic mass is 16.6. The maximum Gasteiger partial charge on any atom is 0.490 e. The third kappa shape index (κ3) is 3.40. The smallest absolute Gasteiger partial charge is 0.390 e. The lowest BCUT2D eigenvalue weighted by molar-refractivity contribution is -0.394. The van der Waals surface area contributed by atoms with Gasteiger partial charge in [-0.15, -0.1) is 0 Å². The Bertz CT molecular complexity index is 1180. The van der Waals surface area contributed by atoms with E-state index < -0.39 is 16.8 Å². The Hall–Kier alpha value is -4.14. The third-order valence-electron chi connectivity index (χ3n) is 4.19. The minimum Gasteiger partial charge on any atom is -0.390 e. The number of aromatic nitrogens is 3. The van der Waals surface area contributed by atoms with Crippen molar-refractivity contribution in [3.8, 4) is 0 Å². The van der Waals surface area contributed by atoms with Crippen LogP contribution in [-0.2, 0) is 11.3 Å². The Morgan fingerprint density at radius 3 is 2.39 bits per heavy atom. The molecule has 1 N–H and O–H groups in total. The second-order valence-corrected chi connectivity index (χ2v) is 6.02. The molecule has 138 valence electrons. The SMILES string of the molecule is O=C(Cn1cnc([N+](=O)[O-])n1)NN=Cc1c2ccccc2cc2ccccc12. The number of fused-ring (bicyclic) bond motifs is 2. The number of carbonyl (C=O) groups is 1. The number of hydrogen-bond acceptors (Lipinski definition) is 6. The molecule has 0 radical (unpaired) electrons. The fraction of sp³-hybridized carbons (Fsp3) is 0.0526. The van der Waals surface area contributed by atoms with Crippen LogP contribution in [0.2, 0.25) is 0 Å². The largest absolute Gasteiger partial charge is 0.490 e. The van der Waals surface area contributed by atoms with Gasteiger partial charge in [-0.1, -0.05) is 53.5 Å². The van der Waals surface area contributed by atoms with E-state index in [4.69, 9.17) is 0 Å². The third-order valence-corrected chi connectivity index (χ3v) is 4.19. The van der Waals surface area contributed by atoms with Crippen molar-refractivity contribution in [3.05, 3.63) is 76.6 Å². The molecule has 0 aliphatic heterocycles. The van der Waals surface area contributed by atoms with Crippen molar-refractivity contribution < 1.29 is 9.72 Å². The van der Waals surface area contributed by atoms with Gasteiger partial charge in [0.25, 0.3) is 5.91 Å². The van der Waals surface area contributed by atoms with Gasteiger partial charge in [0.05, 0.1) is 6.21 Å². The molecule has 0 atom stereocenters. The summed E-state index contributed by atoms with van der Waals surface area (Å²) in [4.78, 5) is 25.4.